The molecule has 0 saturated carbocycles. The van der Waals surface area contributed by atoms with E-state index in [1.54, 1.807) is 19.2 Å². The Morgan fingerprint density at radius 2 is 2.19 bits per heavy atom. The van der Waals surface area contributed by atoms with Crippen molar-refractivity contribution >= 4 is 27.6 Å². The Morgan fingerprint density at radius 3 is 2.75 bits per heavy atom. The molecule has 1 aromatic carbocycles. The lowest BCUT2D eigenvalue weighted by Crippen LogP contribution is -2.22. The van der Waals surface area contributed by atoms with Crippen molar-refractivity contribution in [3.8, 4) is 0 Å². The van der Waals surface area contributed by atoms with E-state index in [-0.39, 0.29) is 5.56 Å². The van der Waals surface area contributed by atoms with E-state index in [4.69, 9.17) is 9.84 Å². The molecule has 0 radical (unpaired) electrons. The van der Waals surface area contributed by atoms with Gasteiger partial charge in [-0.1, -0.05) is 15.9 Å². The predicted molar refractivity (Wildman–Crippen MR) is 66.2 cm³/mol. The molecule has 0 unspecified atom stereocenters. The molecule has 0 aliphatic rings. The van der Waals surface area contributed by atoms with E-state index in [9.17, 15) is 4.79 Å². The van der Waals surface area contributed by atoms with Crippen molar-refractivity contribution in [3.63, 3.8) is 0 Å². The maximum atomic E-state index is 10.9. The average Bonchev–Trinajstić information content (AvgIpc) is 2.24. The third kappa shape index (κ3) is 3.50. The number of methoxy groups -OCH3 is 1. The number of halogens is 1. The second-order valence-electron chi connectivity index (χ2n) is 3.42. The van der Waals surface area contributed by atoms with Gasteiger partial charge >= 0.3 is 5.97 Å². The maximum Gasteiger partial charge on any atom is 0.335 e. The van der Waals surface area contributed by atoms with E-state index in [0.717, 1.165) is 10.2 Å². The molecule has 0 bridgehead atoms. The standard InChI is InChI=1S/C11H14BrNO3/c1-13(3-4-16-2)10-6-8(11(14)15)5-9(12)7-10/h5-7H,3-4H2,1-2H3,(H,14,15). The number of benzene rings is 1. The molecule has 88 valence electrons. The van der Waals surface area contributed by atoms with Gasteiger partial charge in [0.2, 0.25) is 0 Å². The van der Waals surface area contributed by atoms with Crippen LogP contribution in [0.2, 0.25) is 0 Å². The number of carboxylic acid groups (broad SMARTS) is 1. The van der Waals surface area contributed by atoms with Gasteiger partial charge < -0.3 is 14.7 Å². The van der Waals surface area contributed by atoms with Crippen molar-refractivity contribution in [2.75, 3.05) is 32.2 Å². The van der Waals surface area contributed by atoms with Gasteiger partial charge in [-0.15, -0.1) is 0 Å². The maximum absolute atomic E-state index is 10.9. The van der Waals surface area contributed by atoms with E-state index < -0.39 is 5.97 Å². The Bertz CT molecular complexity index is 381. The summed E-state index contributed by atoms with van der Waals surface area (Å²) in [6, 6.07) is 5.10. The minimum atomic E-state index is -0.928. The van der Waals surface area contributed by atoms with Gasteiger partial charge in [0.1, 0.15) is 0 Å². The molecule has 0 aliphatic carbocycles. The molecule has 1 N–H and O–H groups in total. The summed E-state index contributed by atoms with van der Waals surface area (Å²) in [7, 11) is 3.53. The second-order valence-corrected chi connectivity index (χ2v) is 4.33. The lowest BCUT2D eigenvalue weighted by atomic mass is 10.2. The minimum Gasteiger partial charge on any atom is -0.478 e. The smallest absolute Gasteiger partial charge is 0.335 e. The van der Waals surface area contributed by atoms with Crippen LogP contribution in [-0.2, 0) is 4.74 Å². The predicted octanol–water partition coefficient (Wildman–Crippen LogP) is 2.23. The Morgan fingerprint density at radius 1 is 1.50 bits per heavy atom. The summed E-state index contributed by atoms with van der Waals surface area (Å²) in [5.74, 6) is -0.928. The largest absolute Gasteiger partial charge is 0.478 e. The molecular weight excluding hydrogens is 274 g/mol. The molecular formula is C11H14BrNO3. The van der Waals surface area contributed by atoms with E-state index >= 15 is 0 Å². The van der Waals surface area contributed by atoms with Crippen molar-refractivity contribution in [1.29, 1.82) is 0 Å². The highest BCUT2D eigenvalue weighted by Crippen LogP contribution is 2.22. The van der Waals surface area contributed by atoms with Crippen LogP contribution in [-0.4, -0.2) is 38.4 Å². The molecule has 16 heavy (non-hydrogen) atoms. The first-order chi connectivity index (χ1) is 7.54. The van der Waals surface area contributed by atoms with Gasteiger partial charge in [-0.05, 0) is 18.2 Å². The molecule has 1 aromatic rings. The van der Waals surface area contributed by atoms with Crippen molar-refractivity contribution in [1.82, 2.24) is 0 Å². The molecule has 1 rings (SSSR count). The van der Waals surface area contributed by atoms with Gasteiger partial charge in [-0.25, -0.2) is 4.79 Å². The topological polar surface area (TPSA) is 49.8 Å². The monoisotopic (exact) mass is 287 g/mol. The first-order valence-electron chi connectivity index (χ1n) is 4.78. The highest BCUT2D eigenvalue weighted by molar-refractivity contribution is 9.10. The zero-order valence-electron chi connectivity index (χ0n) is 9.24. The van der Waals surface area contributed by atoms with Gasteiger partial charge in [-0.2, -0.15) is 0 Å². The Kier molecular flexibility index (Phi) is 4.76. The number of rotatable bonds is 5. The van der Waals surface area contributed by atoms with Crippen LogP contribution in [0.1, 0.15) is 10.4 Å². The summed E-state index contributed by atoms with van der Waals surface area (Å²) in [5.41, 5.74) is 1.12. The van der Waals surface area contributed by atoms with Crippen molar-refractivity contribution in [2.45, 2.75) is 0 Å². The molecule has 0 aliphatic heterocycles. The van der Waals surface area contributed by atoms with E-state index in [1.165, 1.54) is 0 Å². The first kappa shape index (κ1) is 13.0. The number of carbonyl (C=O) groups is 1. The van der Waals surface area contributed by atoms with Crippen molar-refractivity contribution < 1.29 is 14.6 Å². The van der Waals surface area contributed by atoms with Crippen LogP contribution >= 0.6 is 15.9 Å². The summed E-state index contributed by atoms with van der Waals surface area (Å²) in [4.78, 5) is 12.8. The van der Waals surface area contributed by atoms with Crippen LogP contribution in [0, 0.1) is 0 Å². The molecule has 4 nitrogen and oxygen atoms in total. The molecule has 0 saturated heterocycles. The Labute approximate surface area is 103 Å². The fourth-order valence-corrected chi connectivity index (χ4v) is 1.76. The second kappa shape index (κ2) is 5.86. The van der Waals surface area contributed by atoms with Crippen LogP contribution < -0.4 is 4.90 Å². The summed E-state index contributed by atoms with van der Waals surface area (Å²) < 4.78 is 5.73. The fraction of sp³-hybridized carbons (Fsp3) is 0.364. The highest BCUT2D eigenvalue weighted by atomic mass is 79.9. The zero-order chi connectivity index (χ0) is 12.1. The van der Waals surface area contributed by atoms with E-state index in [0.29, 0.717) is 13.2 Å². The van der Waals surface area contributed by atoms with Gasteiger partial charge in [0.05, 0.1) is 12.2 Å². The van der Waals surface area contributed by atoms with Gasteiger partial charge in [0, 0.05) is 30.9 Å². The lowest BCUT2D eigenvalue weighted by Gasteiger charge is -2.19. The third-order valence-corrected chi connectivity index (χ3v) is 2.66. The van der Waals surface area contributed by atoms with Gasteiger partial charge in [0.25, 0.3) is 0 Å². The Hall–Kier alpha value is -1.07. The van der Waals surface area contributed by atoms with E-state index in [2.05, 4.69) is 15.9 Å². The summed E-state index contributed by atoms with van der Waals surface area (Å²) in [5, 5.41) is 8.93. The first-order valence-corrected chi connectivity index (χ1v) is 5.58. The number of carboxylic acids is 1. The third-order valence-electron chi connectivity index (χ3n) is 2.20. The highest BCUT2D eigenvalue weighted by Gasteiger charge is 2.08. The molecule has 0 aromatic heterocycles. The zero-order valence-corrected chi connectivity index (χ0v) is 10.8. The number of likely N-dealkylation sites (N-methyl/N-ethyl adjacent to an activating group) is 1. The molecule has 0 fully saturated rings. The molecule has 0 spiro atoms. The van der Waals surface area contributed by atoms with Gasteiger partial charge in [0.15, 0.2) is 0 Å². The van der Waals surface area contributed by atoms with Gasteiger partial charge in [-0.3, -0.25) is 0 Å². The molecule has 0 atom stereocenters. The van der Waals surface area contributed by atoms with Crippen LogP contribution in [0.25, 0.3) is 0 Å². The van der Waals surface area contributed by atoms with Crippen LogP contribution in [0.5, 0.6) is 0 Å². The van der Waals surface area contributed by atoms with Crippen LogP contribution in [0.4, 0.5) is 5.69 Å². The number of nitrogens with zero attached hydrogens (tertiary/aromatic N) is 1. The lowest BCUT2D eigenvalue weighted by molar-refractivity contribution is 0.0697. The number of hydrogen-bond acceptors (Lipinski definition) is 3. The van der Waals surface area contributed by atoms with Crippen molar-refractivity contribution in [3.05, 3.63) is 28.2 Å². The number of ether oxygens (including phenoxy) is 1. The summed E-state index contributed by atoms with van der Waals surface area (Å²) in [6.45, 7) is 1.32. The van der Waals surface area contributed by atoms with Crippen LogP contribution in [0.15, 0.2) is 22.7 Å². The molecule has 0 amide bonds. The quantitative estimate of drug-likeness (QED) is 0.902. The number of anilines is 1. The van der Waals surface area contributed by atoms with Crippen LogP contribution in [0.3, 0.4) is 0 Å². The normalized spacial score (nSPS) is 10.2. The molecule has 5 heteroatoms. The summed E-state index contributed by atoms with van der Waals surface area (Å²) >= 11 is 3.30. The minimum absolute atomic E-state index is 0.272. The number of aromatic carboxylic acids is 1. The average molecular weight is 288 g/mol. The van der Waals surface area contributed by atoms with Crippen molar-refractivity contribution in [2.24, 2.45) is 0 Å². The number of hydrogen-bond donors (Lipinski definition) is 1. The SMILES string of the molecule is COCCN(C)c1cc(Br)cc(C(=O)O)c1. The Balaban J connectivity index is 2.91. The fourth-order valence-electron chi connectivity index (χ4n) is 1.28. The van der Waals surface area contributed by atoms with E-state index in [1.807, 2.05) is 18.0 Å². The summed E-state index contributed by atoms with van der Waals surface area (Å²) in [6.07, 6.45) is 0. The molecule has 0 heterocycles.